The number of hydrogen-bond acceptors (Lipinski definition) is 2. The highest BCUT2D eigenvalue weighted by molar-refractivity contribution is 6.31. The van der Waals surface area contributed by atoms with Gasteiger partial charge >= 0.3 is 0 Å². The molecule has 2 aromatic rings. The zero-order chi connectivity index (χ0) is 15.1. The van der Waals surface area contributed by atoms with Crippen LogP contribution in [0.5, 0.6) is 0 Å². The van der Waals surface area contributed by atoms with E-state index in [-0.39, 0.29) is 5.56 Å². The predicted molar refractivity (Wildman–Crippen MR) is 88.3 cm³/mol. The number of aromatic nitrogens is 1. The number of benzene rings is 1. The van der Waals surface area contributed by atoms with Crippen molar-refractivity contribution in [3.63, 3.8) is 0 Å². The Morgan fingerprint density at radius 3 is 2.77 bits per heavy atom. The molecule has 0 saturated carbocycles. The number of hydrogen-bond donors (Lipinski definition) is 0. The molecule has 1 fully saturated rings. The number of pyridine rings is 1. The molecular formula is C18H19ClN2O. The molecule has 3 heterocycles. The van der Waals surface area contributed by atoms with E-state index in [1.165, 1.54) is 17.7 Å². The molecule has 22 heavy (non-hydrogen) atoms. The number of piperidine rings is 1. The Morgan fingerprint density at radius 2 is 1.91 bits per heavy atom. The third-order valence-corrected chi connectivity index (χ3v) is 5.28. The summed E-state index contributed by atoms with van der Waals surface area (Å²) in [6, 6.07) is 13.7. The lowest BCUT2D eigenvalue weighted by Crippen LogP contribution is -2.46. The molecule has 114 valence electrons. The van der Waals surface area contributed by atoms with Gasteiger partial charge in [-0.1, -0.05) is 35.9 Å². The van der Waals surface area contributed by atoms with Gasteiger partial charge in [-0.25, -0.2) is 0 Å². The Balaban J connectivity index is 1.59. The molecule has 0 aliphatic carbocycles. The zero-order valence-electron chi connectivity index (χ0n) is 12.4. The summed E-state index contributed by atoms with van der Waals surface area (Å²) in [7, 11) is 0. The van der Waals surface area contributed by atoms with Crippen LogP contribution in [-0.2, 0) is 13.1 Å². The fraction of sp³-hybridized carbons (Fsp3) is 0.389. The van der Waals surface area contributed by atoms with Gasteiger partial charge in [-0.05, 0) is 30.0 Å². The van der Waals surface area contributed by atoms with E-state index in [1.54, 1.807) is 6.07 Å². The Labute approximate surface area is 135 Å². The molecule has 0 spiro atoms. The van der Waals surface area contributed by atoms with Gasteiger partial charge < -0.3 is 4.57 Å². The molecule has 2 aliphatic heterocycles. The van der Waals surface area contributed by atoms with Gasteiger partial charge in [-0.2, -0.15) is 0 Å². The zero-order valence-corrected chi connectivity index (χ0v) is 13.2. The van der Waals surface area contributed by atoms with Gasteiger partial charge in [-0.15, -0.1) is 0 Å². The van der Waals surface area contributed by atoms with Gasteiger partial charge in [0.1, 0.15) is 0 Å². The first-order chi connectivity index (χ1) is 10.7. The van der Waals surface area contributed by atoms with Crippen LogP contribution in [0.3, 0.4) is 0 Å². The summed E-state index contributed by atoms with van der Waals surface area (Å²) in [4.78, 5) is 14.5. The van der Waals surface area contributed by atoms with Crippen LogP contribution in [0.15, 0.2) is 47.3 Å². The second-order valence-corrected chi connectivity index (χ2v) is 6.89. The number of fused-ring (bicyclic) bond motifs is 4. The Bertz CT molecular complexity index is 755. The Kier molecular flexibility index (Phi) is 3.55. The molecule has 2 bridgehead atoms. The number of rotatable bonds is 2. The highest BCUT2D eigenvalue weighted by atomic mass is 35.5. The summed E-state index contributed by atoms with van der Waals surface area (Å²) in [5, 5.41) is 0.842. The summed E-state index contributed by atoms with van der Waals surface area (Å²) in [5.74, 6) is 1.03. The van der Waals surface area contributed by atoms with Gasteiger partial charge in [0.15, 0.2) is 0 Å². The first-order valence-corrected chi connectivity index (χ1v) is 8.24. The first-order valence-electron chi connectivity index (χ1n) is 7.86. The fourth-order valence-corrected chi connectivity index (χ4v) is 4.19. The summed E-state index contributed by atoms with van der Waals surface area (Å²) in [6.07, 6.45) is 1.20. The van der Waals surface area contributed by atoms with Crippen molar-refractivity contribution in [3.8, 4) is 0 Å². The highest BCUT2D eigenvalue weighted by Gasteiger charge is 2.34. The summed E-state index contributed by atoms with van der Waals surface area (Å²) >= 11 is 6.29. The van der Waals surface area contributed by atoms with Crippen molar-refractivity contribution >= 4 is 11.6 Å². The smallest absolute Gasteiger partial charge is 0.250 e. The van der Waals surface area contributed by atoms with Crippen molar-refractivity contribution in [1.82, 2.24) is 9.47 Å². The van der Waals surface area contributed by atoms with Crippen LogP contribution in [0.4, 0.5) is 0 Å². The monoisotopic (exact) mass is 314 g/mol. The standard InChI is InChI=1S/C18H19ClN2O/c19-16-5-2-1-4-14(16)11-20-9-13-8-15(12-20)17-6-3-7-18(22)21(17)10-13/h1-7,13,15H,8-12H2. The van der Waals surface area contributed by atoms with E-state index in [9.17, 15) is 4.79 Å². The van der Waals surface area contributed by atoms with Gasteiger partial charge in [0.25, 0.3) is 5.56 Å². The van der Waals surface area contributed by atoms with Crippen LogP contribution in [0.2, 0.25) is 5.02 Å². The number of likely N-dealkylation sites (tertiary alicyclic amines) is 1. The lowest BCUT2D eigenvalue weighted by molar-refractivity contribution is 0.114. The molecule has 2 atom stereocenters. The minimum absolute atomic E-state index is 0.145. The number of nitrogens with zero attached hydrogens (tertiary/aromatic N) is 2. The molecule has 2 unspecified atom stereocenters. The fourth-order valence-electron chi connectivity index (χ4n) is 3.99. The summed E-state index contributed by atoms with van der Waals surface area (Å²) in [5.41, 5.74) is 2.54. The minimum Gasteiger partial charge on any atom is -0.312 e. The van der Waals surface area contributed by atoms with Crippen molar-refractivity contribution in [1.29, 1.82) is 0 Å². The van der Waals surface area contributed by atoms with E-state index in [0.29, 0.717) is 11.8 Å². The molecule has 1 saturated heterocycles. The average molecular weight is 315 g/mol. The molecule has 2 aliphatic rings. The summed E-state index contributed by atoms with van der Waals surface area (Å²) in [6.45, 7) is 3.79. The van der Waals surface area contributed by atoms with Crippen molar-refractivity contribution < 1.29 is 0 Å². The molecule has 1 aromatic carbocycles. The van der Waals surface area contributed by atoms with Crippen molar-refractivity contribution in [2.24, 2.45) is 5.92 Å². The maximum absolute atomic E-state index is 12.0. The molecule has 3 nitrogen and oxygen atoms in total. The first kappa shape index (κ1) is 14.0. The van der Waals surface area contributed by atoms with Crippen LogP contribution in [-0.4, -0.2) is 22.6 Å². The lowest BCUT2D eigenvalue weighted by atomic mass is 9.83. The number of halogens is 1. The average Bonchev–Trinajstić information content (AvgIpc) is 2.51. The van der Waals surface area contributed by atoms with E-state index in [4.69, 9.17) is 11.6 Å². The molecular weight excluding hydrogens is 296 g/mol. The van der Waals surface area contributed by atoms with Crippen LogP contribution in [0.1, 0.15) is 23.6 Å². The minimum atomic E-state index is 0.145. The van der Waals surface area contributed by atoms with Gasteiger partial charge in [0, 0.05) is 48.9 Å². The second kappa shape index (κ2) is 5.56. The topological polar surface area (TPSA) is 25.2 Å². The maximum Gasteiger partial charge on any atom is 0.250 e. The molecule has 0 amide bonds. The van der Waals surface area contributed by atoms with E-state index in [1.807, 2.05) is 28.8 Å². The van der Waals surface area contributed by atoms with E-state index in [2.05, 4.69) is 17.0 Å². The van der Waals surface area contributed by atoms with Gasteiger partial charge in [-0.3, -0.25) is 9.69 Å². The lowest BCUT2D eigenvalue weighted by Gasteiger charge is -2.42. The van der Waals surface area contributed by atoms with E-state index >= 15 is 0 Å². The Hall–Kier alpha value is -1.58. The molecule has 0 radical (unpaired) electrons. The maximum atomic E-state index is 12.0. The normalized spacial score (nSPS) is 24.0. The highest BCUT2D eigenvalue weighted by Crippen LogP contribution is 2.35. The largest absolute Gasteiger partial charge is 0.312 e. The van der Waals surface area contributed by atoms with Crippen LogP contribution in [0.25, 0.3) is 0 Å². The van der Waals surface area contributed by atoms with Crippen molar-refractivity contribution in [3.05, 3.63) is 69.1 Å². The predicted octanol–water partition coefficient (Wildman–Crippen LogP) is 3.12. The third-order valence-electron chi connectivity index (χ3n) is 4.91. The molecule has 4 rings (SSSR count). The molecule has 1 aromatic heterocycles. The SMILES string of the molecule is O=c1cccc2n1CC1CC2CN(Cc2ccccc2Cl)C1. The van der Waals surface area contributed by atoms with Gasteiger partial charge in [0.05, 0.1) is 0 Å². The van der Waals surface area contributed by atoms with E-state index < -0.39 is 0 Å². The Morgan fingerprint density at radius 1 is 1.05 bits per heavy atom. The quantitative estimate of drug-likeness (QED) is 0.851. The summed E-state index contributed by atoms with van der Waals surface area (Å²) < 4.78 is 1.98. The van der Waals surface area contributed by atoms with Crippen LogP contribution >= 0.6 is 11.6 Å². The van der Waals surface area contributed by atoms with E-state index in [0.717, 1.165) is 31.2 Å². The van der Waals surface area contributed by atoms with Crippen molar-refractivity contribution in [2.75, 3.05) is 13.1 Å². The van der Waals surface area contributed by atoms with Gasteiger partial charge in [0.2, 0.25) is 0 Å². The van der Waals surface area contributed by atoms with Crippen LogP contribution in [0, 0.1) is 5.92 Å². The molecule has 4 heteroatoms. The second-order valence-electron chi connectivity index (χ2n) is 6.48. The van der Waals surface area contributed by atoms with Crippen LogP contribution < -0.4 is 5.56 Å². The third kappa shape index (κ3) is 2.49. The van der Waals surface area contributed by atoms with Crippen molar-refractivity contribution in [2.45, 2.75) is 25.4 Å². The molecule has 0 N–H and O–H groups in total.